The van der Waals surface area contributed by atoms with Gasteiger partial charge in [0.1, 0.15) is 11.6 Å². The van der Waals surface area contributed by atoms with E-state index < -0.39 is 0 Å². The number of benzene rings is 4. The predicted octanol–water partition coefficient (Wildman–Crippen LogP) is 4.55. The lowest BCUT2D eigenvalue weighted by Crippen LogP contribution is -2.45. The van der Waals surface area contributed by atoms with Gasteiger partial charge in [-0.1, -0.05) is 60.7 Å². The number of fused-ring (bicyclic) bond motifs is 2. The van der Waals surface area contributed by atoms with Gasteiger partial charge in [-0.25, -0.2) is 8.78 Å². The highest BCUT2D eigenvalue weighted by Gasteiger charge is 2.31. The molecule has 0 saturated heterocycles. The van der Waals surface area contributed by atoms with Crippen molar-refractivity contribution in [2.24, 2.45) is 16.9 Å². The van der Waals surface area contributed by atoms with Crippen molar-refractivity contribution in [3.8, 4) is 0 Å². The zero-order valence-electron chi connectivity index (χ0n) is 18.1. The van der Waals surface area contributed by atoms with E-state index in [0.29, 0.717) is 49.8 Å². The normalized spacial score (nSPS) is 12.0. The first-order valence-electron chi connectivity index (χ1n) is 11.0. The summed E-state index contributed by atoms with van der Waals surface area (Å²) in [7, 11) is 0. The largest absolute Gasteiger partial charge is 0.330 e. The van der Waals surface area contributed by atoms with E-state index >= 15 is 0 Å². The van der Waals surface area contributed by atoms with E-state index in [2.05, 4.69) is 5.32 Å². The lowest BCUT2D eigenvalue weighted by Gasteiger charge is -2.34. The molecule has 0 aliphatic carbocycles. The number of halogens is 2. The van der Waals surface area contributed by atoms with E-state index in [1.54, 1.807) is 12.1 Å². The molecule has 0 aliphatic rings. The van der Waals surface area contributed by atoms with E-state index in [-0.39, 0.29) is 17.0 Å². The predicted molar refractivity (Wildman–Crippen MR) is 129 cm³/mol. The molecule has 0 bridgehead atoms. The Balaban J connectivity index is 1.77. The summed E-state index contributed by atoms with van der Waals surface area (Å²) in [5.41, 5.74) is 13.9. The van der Waals surface area contributed by atoms with E-state index in [1.165, 1.54) is 12.1 Å². The SMILES string of the molecule is NCCNCC(CN)(Cc1ccc(F)c2ccccc12)Cc1ccc(F)c2ccccc12. The van der Waals surface area contributed by atoms with Gasteiger partial charge in [0.15, 0.2) is 0 Å². The summed E-state index contributed by atoms with van der Waals surface area (Å²) in [4.78, 5) is 0. The Kier molecular flexibility index (Phi) is 6.80. The second-order valence-electron chi connectivity index (χ2n) is 8.53. The second kappa shape index (κ2) is 9.74. The van der Waals surface area contributed by atoms with Crippen molar-refractivity contribution in [3.05, 3.63) is 95.6 Å². The maximum atomic E-state index is 14.4. The smallest absolute Gasteiger partial charge is 0.131 e. The van der Waals surface area contributed by atoms with E-state index in [0.717, 1.165) is 21.9 Å². The van der Waals surface area contributed by atoms with E-state index in [1.807, 2.05) is 48.5 Å². The van der Waals surface area contributed by atoms with E-state index in [4.69, 9.17) is 11.5 Å². The van der Waals surface area contributed by atoms with Crippen LogP contribution in [0, 0.1) is 17.0 Å². The minimum absolute atomic E-state index is 0.228. The maximum Gasteiger partial charge on any atom is 0.131 e. The fourth-order valence-corrected chi connectivity index (χ4v) is 4.63. The van der Waals surface area contributed by atoms with Crippen LogP contribution >= 0.6 is 0 Å². The van der Waals surface area contributed by atoms with Gasteiger partial charge in [-0.2, -0.15) is 0 Å². The molecule has 0 aromatic heterocycles. The topological polar surface area (TPSA) is 64.1 Å². The quantitative estimate of drug-likeness (QED) is 0.339. The number of hydrogen-bond donors (Lipinski definition) is 3. The summed E-state index contributed by atoms with van der Waals surface area (Å²) in [5.74, 6) is -0.457. The minimum atomic E-state index is -0.351. The standard InChI is InChI=1S/C27H29F2N3/c28-25-11-9-19(21-5-1-3-7-23(21)25)15-27(17-31,18-32-14-13-30)16-20-10-12-26(29)24-8-4-2-6-22(20)24/h1-12,32H,13-18,30-31H2. The zero-order valence-corrected chi connectivity index (χ0v) is 18.1. The molecule has 0 aliphatic heterocycles. The summed E-state index contributed by atoms with van der Waals surface area (Å²) < 4.78 is 28.8. The first kappa shape index (κ1) is 22.3. The fraction of sp³-hybridized carbons (Fsp3) is 0.259. The summed E-state index contributed by atoms with van der Waals surface area (Å²) in [6, 6.07) is 21.8. The molecule has 0 amide bonds. The lowest BCUT2D eigenvalue weighted by atomic mass is 9.75. The molecule has 5 heteroatoms. The first-order valence-corrected chi connectivity index (χ1v) is 11.0. The van der Waals surface area contributed by atoms with Crippen molar-refractivity contribution in [2.45, 2.75) is 12.8 Å². The van der Waals surface area contributed by atoms with Crippen LogP contribution in [0.15, 0.2) is 72.8 Å². The third-order valence-electron chi connectivity index (χ3n) is 6.31. The Labute approximate surface area is 187 Å². The molecule has 0 spiro atoms. The third kappa shape index (κ3) is 4.51. The Hall–Kier alpha value is -2.86. The molecule has 4 rings (SSSR count). The highest BCUT2D eigenvalue weighted by Crippen LogP contribution is 2.33. The summed E-state index contributed by atoms with van der Waals surface area (Å²) in [6.07, 6.45) is 1.32. The van der Waals surface area contributed by atoms with Gasteiger partial charge in [-0.15, -0.1) is 0 Å². The summed E-state index contributed by atoms with van der Waals surface area (Å²) in [5, 5.41) is 6.44. The van der Waals surface area contributed by atoms with Crippen molar-refractivity contribution in [1.29, 1.82) is 0 Å². The molecule has 32 heavy (non-hydrogen) atoms. The van der Waals surface area contributed by atoms with Crippen LogP contribution < -0.4 is 16.8 Å². The molecule has 0 heterocycles. The molecule has 0 saturated carbocycles. The molecule has 0 fully saturated rings. The van der Waals surface area contributed by atoms with Crippen molar-refractivity contribution in [3.63, 3.8) is 0 Å². The number of hydrogen-bond acceptors (Lipinski definition) is 3. The van der Waals surface area contributed by atoms with E-state index in [9.17, 15) is 8.78 Å². The van der Waals surface area contributed by atoms with Crippen molar-refractivity contribution in [2.75, 3.05) is 26.2 Å². The molecular weight excluding hydrogens is 404 g/mol. The molecule has 3 nitrogen and oxygen atoms in total. The van der Waals surface area contributed by atoms with Gasteiger partial charge in [-0.3, -0.25) is 0 Å². The minimum Gasteiger partial charge on any atom is -0.330 e. The maximum absolute atomic E-state index is 14.4. The van der Waals surface area contributed by atoms with Crippen LogP contribution in [0.1, 0.15) is 11.1 Å². The Morgan fingerprint density at radius 1 is 0.656 bits per heavy atom. The summed E-state index contributed by atoms with van der Waals surface area (Å²) in [6.45, 7) is 2.27. The average molecular weight is 434 g/mol. The zero-order chi connectivity index (χ0) is 22.6. The first-order chi connectivity index (χ1) is 15.6. The van der Waals surface area contributed by atoms with Crippen LogP contribution in [0.5, 0.6) is 0 Å². The monoisotopic (exact) mass is 433 g/mol. The van der Waals surface area contributed by atoms with Crippen molar-refractivity contribution < 1.29 is 8.78 Å². The Morgan fingerprint density at radius 2 is 1.12 bits per heavy atom. The molecule has 0 atom stereocenters. The number of nitrogens with one attached hydrogen (secondary N) is 1. The highest BCUT2D eigenvalue weighted by atomic mass is 19.1. The highest BCUT2D eigenvalue weighted by molar-refractivity contribution is 5.87. The Bertz CT molecular complexity index is 1130. The van der Waals surface area contributed by atoms with Crippen LogP contribution in [-0.2, 0) is 12.8 Å². The number of nitrogens with two attached hydrogens (primary N) is 2. The number of rotatable bonds is 9. The Morgan fingerprint density at radius 3 is 1.56 bits per heavy atom. The fourth-order valence-electron chi connectivity index (χ4n) is 4.63. The summed E-state index contributed by atoms with van der Waals surface area (Å²) >= 11 is 0. The average Bonchev–Trinajstić information content (AvgIpc) is 2.83. The van der Waals surface area contributed by atoms with Crippen LogP contribution in [-0.4, -0.2) is 26.2 Å². The molecule has 166 valence electrons. The van der Waals surface area contributed by atoms with Gasteiger partial charge in [0.25, 0.3) is 0 Å². The van der Waals surface area contributed by atoms with Gasteiger partial charge in [0, 0.05) is 35.8 Å². The van der Waals surface area contributed by atoms with Crippen LogP contribution in [0.3, 0.4) is 0 Å². The van der Waals surface area contributed by atoms with Gasteiger partial charge in [0.05, 0.1) is 0 Å². The molecule has 5 N–H and O–H groups in total. The molecule has 4 aromatic rings. The third-order valence-corrected chi connectivity index (χ3v) is 6.31. The second-order valence-corrected chi connectivity index (χ2v) is 8.53. The van der Waals surface area contributed by atoms with Crippen LogP contribution in [0.25, 0.3) is 21.5 Å². The van der Waals surface area contributed by atoms with Crippen molar-refractivity contribution >= 4 is 21.5 Å². The van der Waals surface area contributed by atoms with Gasteiger partial charge < -0.3 is 16.8 Å². The van der Waals surface area contributed by atoms with Gasteiger partial charge in [-0.05, 0) is 53.4 Å². The van der Waals surface area contributed by atoms with Gasteiger partial charge in [0.2, 0.25) is 0 Å². The van der Waals surface area contributed by atoms with Gasteiger partial charge >= 0.3 is 0 Å². The van der Waals surface area contributed by atoms with Crippen LogP contribution in [0.4, 0.5) is 8.78 Å². The van der Waals surface area contributed by atoms with Crippen LogP contribution in [0.2, 0.25) is 0 Å². The molecular formula is C27H29F2N3. The van der Waals surface area contributed by atoms with Crippen molar-refractivity contribution in [1.82, 2.24) is 5.32 Å². The molecule has 4 aromatic carbocycles. The molecule has 0 radical (unpaired) electrons. The lowest BCUT2D eigenvalue weighted by molar-refractivity contribution is 0.279. The molecule has 0 unspecified atom stereocenters.